The van der Waals surface area contributed by atoms with Crippen LogP contribution in [0.25, 0.3) is 0 Å². The molecule has 2 saturated carbocycles. The maximum Gasteiger partial charge on any atom is 0.00684 e. The molecule has 0 heterocycles. The topological polar surface area (TPSA) is 15.3 Å². The van der Waals surface area contributed by atoms with Crippen LogP contribution in [0.2, 0.25) is 0 Å². The van der Waals surface area contributed by atoms with E-state index in [9.17, 15) is 0 Å². The molecular formula is C17H34N2. The Labute approximate surface area is 120 Å². The van der Waals surface area contributed by atoms with Crippen LogP contribution in [0.4, 0.5) is 0 Å². The first-order valence-electron chi connectivity index (χ1n) is 8.63. The minimum atomic E-state index is 0.561. The van der Waals surface area contributed by atoms with Crippen LogP contribution in [-0.2, 0) is 0 Å². The first-order valence-corrected chi connectivity index (χ1v) is 8.63. The summed E-state index contributed by atoms with van der Waals surface area (Å²) in [5.41, 5.74) is 0.561. The van der Waals surface area contributed by atoms with Gasteiger partial charge in [-0.25, -0.2) is 0 Å². The molecule has 0 aromatic carbocycles. The molecule has 2 fully saturated rings. The zero-order chi connectivity index (χ0) is 13.7. The minimum absolute atomic E-state index is 0.561. The molecule has 0 aliphatic heterocycles. The minimum Gasteiger partial charge on any atom is -0.313 e. The van der Waals surface area contributed by atoms with Crippen LogP contribution in [0, 0.1) is 11.3 Å². The van der Waals surface area contributed by atoms with E-state index in [0.717, 1.165) is 12.0 Å². The summed E-state index contributed by atoms with van der Waals surface area (Å²) in [4.78, 5) is 2.69. The Hall–Kier alpha value is -0.0800. The molecule has 0 saturated heterocycles. The molecule has 1 N–H and O–H groups in total. The van der Waals surface area contributed by atoms with Gasteiger partial charge in [0, 0.05) is 19.1 Å². The summed E-state index contributed by atoms with van der Waals surface area (Å²) in [6, 6.07) is 0.857. The monoisotopic (exact) mass is 266 g/mol. The summed E-state index contributed by atoms with van der Waals surface area (Å²) >= 11 is 0. The summed E-state index contributed by atoms with van der Waals surface area (Å²) < 4.78 is 0. The van der Waals surface area contributed by atoms with E-state index in [1.807, 2.05) is 0 Å². The first kappa shape index (κ1) is 15.3. The number of nitrogens with one attached hydrogen (secondary N) is 1. The second-order valence-corrected chi connectivity index (χ2v) is 7.23. The zero-order valence-corrected chi connectivity index (χ0v) is 13.4. The molecule has 0 aromatic rings. The van der Waals surface area contributed by atoms with Gasteiger partial charge in [0.05, 0.1) is 0 Å². The van der Waals surface area contributed by atoms with E-state index in [2.05, 4.69) is 31.0 Å². The van der Waals surface area contributed by atoms with Gasteiger partial charge < -0.3 is 10.2 Å². The van der Waals surface area contributed by atoms with Crippen molar-refractivity contribution >= 4 is 0 Å². The maximum atomic E-state index is 3.83. The predicted octanol–water partition coefficient (Wildman–Crippen LogP) is 3.67. The van der Waals surface area contributed by atoms with Crippen LogP contribution in [0.15, 0.2) is 0 Å². The smallest absolute Gasteiger partial charge is 0.00684 e. The summed E-state index contributed by atoms with van der Waals surface area (Å²) in [5.74, 6) is 0.926. The third-order valence-electron chi connectivity index (χ3n) is 5.07. The van der Waals surface area contributed by atoms with E-state index in [4.69, 9.17) is 0 Å². The molecule has 2 unspecified atom stereocenters. The quantitative estimate of drug-likeness (QED) is 0.721. The average Bonchev–Trinajstić information content (AvgIpc) is 3.20. The number of rotatable bonds is 8. The van der Waals surface area contributed by atoms with E-state index in [-0.39, 0.29) is 0 Å². The van der Waals surface area contributed by atoms with Gasteiger partial charge in [0.1, 0.15) is 0 Å². The molecule has 2 rings (SSSR count). The van der Waals surface area contributed by atoms with Gasteiger partial charge in [-0.15, -0.1) is 0 Å². The van der Waals surface area contributed by atoms with Gasteiger partial charge in [0.15, 0.2) is 0 Å². The fourth-order valence-corrected chi connectivity index (χ4v) is 3.92. The molecule has 2 aliphatic carbocycles. The lowest BCUT2D eigenvalue weighted by molar-refractivity contribution is 0.0819. The van der Waals surface area contributed by atoms with Gasteiger partial charge in [0.25, 0.3) is 0 Å². The van der Waals surface area contributed by atoms with Crippen molar-refractivity contribution in [2.75, 3.05) is 26.2 Å². The van der Waals surface area contributed by atoms with E-state index in [1.54, 1.807) is 0 Å². The van der Waals surface area contributed by atoms with Crippen LogP contribution >= 0.6 is 0 Å². The largest absolute Gasteiger partial charge is 0.313 e. The number of hydrogen-bond acceptors (Lipinski definition) is 2. The SMILES string of the molecule is CCCN(CC)CC1(CNC2CC2)CCCC(C)C1. The lowest BCUT2D eigenvalue weighted by Gasteiger charge is -2.43. The molecule has 0 spiro atoms. The molecular weight excluding hydrogens is 232 g/mol. The van der Waals surface area contributed by atoms with Gasteiger partial charge in [-0.05, 0) is 56.5 Å². The van der Waals surface area contributed by atoms with Gasteiger partial charge >= 0.3 is 0 Å². The highest BCUT2D eigenvalue weighted by molar-refractivity contribution is 4.92. The molecule has 2 nitrogen and oxygen atoms in total. The Morgan fingerprint density at radius 3 is 2.58 bits per heavy atom. The molecule has 0 radical (unpaired) electrons. The summed E-state index contributed by atoms with van der Waals surface area (Å²) in [6.07, 6.45) is 9.89. The summed E-state index contributed by atoms with van der Waals surface area (Å²) in [7, 11) is 0. The van der Waals surface area contributed by atoms with Gasteiger partial charge in [-0.1, -0.05) is 33.6 Å². The fourth-order valence-electron chi connectivity index (χ4n) is 3.92. The Bertz CT molecular complexity index is 262. The van der Waals surface area contributed by atoms with Crippen molar-refractivity contribution in [3.05, 3.63) is 0 Å². The standard InChI is InChI=1S/C17H34N2/c1-4-11-19(5-2)14-17(13-18-16-8-9-16)10-6-7-15(3)12-17/h15-16,18H,4-14H2,1-3H3. The van der Waals surface area contributed by atoms with Crippen molar-refractivity contribution in [2.45, 2.75) is 71.8 Å². The van der Waals surface area contributed by atoms with Crippen LogP contribution in [-0.4, -0.2) is 37.1 Å². The highest BCUT2D eigenvalue weighted by atomic mass is 15.1. The van der Waals surface area contributed by atoms with Crippen LogP contribution in [0.5, 0.6) is 0 Å². The van der Waals surface area contributed by atoms with Crippen LogP contribution in [0.1, 0.15) is 65.7 Å². The van der Waals surface area contributed by atoms with E-state index in [0.29, 0.717) is 5.41 Å². The Kier molecular flexibility index (Phi) is 5.70. The van der Waals surface area contributed by atoms with Crippen LogP contribution in [0.3, 0.4) is 0 Å². The van der Waals surface area contributed by atoms with E-state index < -0.39 is 0 Å². The third kappa shape index (κ3) is 4.75. The predicted molar refractivity (Wildman–Crippen MR) is 83.5 cm³/mol. The lowest BCUT2D eigenvalue weighted by atomic mass is 9.69. The molecule has 112 valence electrons. The highest BCUT2D eigenvalue weighted by Gasteiger charge is 2.37. The fraction of sp³-hybridized carbons (Fsp3) is 1.00. The van der Waals surface area contributed by atoms with Gasteiger partial charge in [0.2, 0.25) is 0 Å². The van der Waals surface area contributed by atoms with Crippen LogP contribution < -0.4 is 5.32 Å². The average molecular weight is 266 g/mol. The molecule has 0 aromatic heterocycles. The normalized spacial score (nSPS) is 31.9. The zero-order valence-electron chi connectivity index (χ0n) is 13.4. The summed E-state index contributed by atoms with van der Waals surface area (Å²) in [5, 5.41) is 3.83. The molecule has 2 aliphatic rings. The van der Waals surface area contributed by atoms with Crippen molar-refractivity contribution in [1.29, 1.82) is 0 Å². The molecule has 0 amide bonds. The Balaban J connectivity index is 1.94. The molecule has 19 heavy (non-hydrogen) atoms. The van der Waals surface area contributed by atoms with Crippen molar-refractivity contribution in [2.24, 2.45) is 11.3 Å². The van der Waals surface area contributed by atoms with E-state index in [1.165, 1.54) is 71.1 Å². The second kappa shape index (κ2) is 7.08. The third-order valence-corrected chi connectivity index (χ3v) is 5.07. The maximum absolute atomic E-state index is 3.83. The number of nitrogens with zero attached hydrogens (tertiary/aromatic N) is 1. The van der Waals surface area contributed by atoms with E-state index >= 15 is 0 Å². The van der Waals surface area contributed by atoms with Gasteiger partial charge in [-0.3, -0.25) is 0 Å². The Morgan fingerprint density at radius 1 is 1.21 bits per heavy atom. The highest BCUT2D eigenvalue weighted by Crippen LogP contribution is 2.40. The Morgan fingerprint density at radius 2 is 2.00 bits per heavy atom. The van der Waals surface area contributed by atoms with Gasteiger partial charge in [-0.2, -0.15) is 0 Å². The second-order valence-electron chi connectivity index (χ2n) is 7.23. The van der Waals surface area contributed by atoms with Crippen molar-refractivity contribution < 1.29 is 0 Å². The molecule has 0 bridgehead atoms. The number of hydrogen-bond donors (Lipinski definition) is 1. The summed E-state index contributed by atoms with van der Waals surface area (Å²) in [6.45, 7) is 12.2. The molecule has 2 atom stereocenters. The molecule has 2 heteroatoms. The lowest BCUT2D eigenvalue weighted by Crippen LogP contribution is -2.47. The van der Waals surface area contributed by atoms with Crippen molar-refractivity contribution in [3.63, 3.8) is 0 Å². The van der Waals surface area contributed by atoms with Crippen molar-refractivity contribution in [3.8, 4) is 0 Å². The first-order chi connectivity index (χ1) is 9.17. The van der Waals surface area contributed by atoms with Crippen molar-refractivity contribution in [1.82, 2.24) is 10.2 Å².